The van der Waals surface area contributed by atoms with E-state index in [0.29, 0.717) is 22.1 Å². The summed E-state index contributed by atoms with van der Waals surface area (Å²) >= 11 is 9.84. The summed E-state index contributed by atoms with van der Waals surface area (Å²) in [4.78, 5) is 32.2. The molecule has 2 N–H and O–H groups in total. The third kappa shape index (κ3) is 6.41. The fraction of sp³-hybridized carbons (Fsp3) is 0.393. The minimum atomic E-state index is -0.968. The summed E-state index contributed by atoms with van der Waals surface area (Å²) in [7, 11) is 0. The maximum absolute atomic E-state index is 14.0. The molecule has 0 spiro atoms. The number of halogens is 3. The first-order valence-corrected chi connectivity index (χ1v) is 13.6. The van der Waals surface area contributed by atoms with E-state index in [1.807, 2.05) is 25.1 Å². The van der Waals surface area contributed by atoms with Crippen LogP contribution in [0.15, 0.2) is 40.9 Å². The van der Waals surface area contributed by atoms with Gasteiger partial charge in [-0.2, -0.15) is 0 Å². The topological polar surface area (TPSA) is 82.5 Å². The second kappa shape index (κ2) is 11.8. The normalized spacial score (nSPS) is 16.6. The Hall–Kier alpha value is -2.71. The molecule has 9 heteroatoms. The first kappa shape index (κ1) is 27.3. The number of piperidine rings is 1. The largest absolute Gasteiger partial charge is 0.481 e. The number of benzene rings is 2. The van der Waals surface area contributed by atoms with Crippen molar-refractivity contribution in [2.75, 3.05) is 24.5 Å². The van der Waals surface area contributed by atoms with E-state index >= 15 is 0 Å². The van der Waals surface area contributed by atoms with Crippen LogP contribution in [0.4, 0.5) is 10.2 Å². The zero-order valence-corrected chi connectivity index (χ0v) is 23.2. The second-order valence-electron chi connectivity index (χ2n) is 9.80. The molecule has 1 fully saturated rings. The monoisotopic (exact) mass is 589 g/mol. The summed E-state index contributed by atoms with van der Waals surface area (Å²) in [6.07, 6.45) is 2.32. The number of carboxylic acid groups (broad SMARTS) is 1. The van der Waals surface area contributed by atoms with Gasteiger partial charge in [0.1, 0.15) is 11.6 Å². The Balaban J connectivity index is 1.69. The van der Waals surface area contributed by atoms with Crippen molar-refractivity contribution in [3.05, 3.63) is 68.4 Å². The highest BCUT2D eigenvalue weighted by Crippen LogP contribution is 2.33. The molecule has 196 valence electrons. The van der Waals surface area contributed by atoms with Crippen molar-refractivity contribution in [1.29, 1.82) is 0 Å². The van der Waals surface area contributed by atoms with Crippen molar-refractivity contribution in [3.8, 4) is 0 Å². The summed E-state index contributed by atoms with van der Waals surface area (Å²) in [6, 6.07) is 9.70. The molecule has 2 unspecified atom stereocenters. The molecule has 6 nitrogen and oxygen atoms in total. The predicted molar refractivity (Wildman–Crippen MR) is 148 cm³/mol. The molecule has 1 aromatic heterocycles. The average molecular weight is 591 g/mol. The molecule has 0 aliphatic carbocycles. The van der Waals surface area contributed by atoms with Gasteiger partial charge in [-0.15, -0.1) is 0 Å². The maximum atomic E-state index is 14.0. The van der Waals surface area contributed by atoms with Gasteiger partial charge < -0.3 is 15.3 Å². The lowest BCUT2D eigenvalue weighted by atomic mass is 9.93. The van der Waals surface area contributed by atoms with Gasteiger partial charge in [0.25, 0.3) is 5.91 Å². The predicted octanol–water partition coefficient (Wildman–Crippen LogP) is 6.71. The molecule has 3 aromatic rings. The molecule has 2 atom stereocenters. The number of rotatable bonds is 8. The Labute approximate surface area is 229 Å². The SMILES string of the molecule is Cc1c(N2CCCC(C)C2)nc2ccc(Br)cc2c1C(=O)NCC(CCC(=O)O)c1cc(F)ccc1Cl. The van der Waals surface area contributed by atoms with E-state index in [-0.39, 0.29) is 25.3 Å². The lowest BCUT2D eigenvalue weighted by Crippen LogP contribution is -2.36. The molecule has 0 saturated carbocycles. The number of carbonyl (C=O) groups is 2. The number of carbonyl (C=O) groups excluding carboxylic acids is 1. The van der Waals surface area contributed by atoms with Crippen LogP contribution in [0, 0.1) is 18.7 Å². The smallest absolute Gasteiger partial charge is 0.303 e. The summed E-state index contributed by atoms with van der Waals surface area (Å²) in [6.45, 7) is 6.02. The summed E-state index contributed by atoms with van der Waals surface area (Å²) < 4.78 is 14.8. The lowest BCUT2D eigenvalue weighted by molar-refractivity contribution is -0.137. The maximum Gasteiger partial charge on any atom is 0.303 e. The van der Waals surface area contributed by atoms with Gasteiger partial charge in [0.15, 0.2) is 0 Å². The molecule has 1 saturated heterocycles. The minimum absolute atomic E-state index is 0.114. The Morgan fingerprint density at radius 3 is 2.81 bits per heavy atom. The summed E-state index contributed by atoms with van der Waals surface area (Å²) in [5.74, 6) is -0.841. The number of aliphatic carboxylic acids is 1. The van der Waals surface area contributed by atoms with Crippen LogP contribution < -0.4 is 10.2 Å². The Morgan fingerprint density at radius 2 is 2.08 bits per heavy atom. The number of amides is 1. The van der Waals surface area contributed by atoms with Crippen LogP contribution in [-0.2, 0) is 4.79 Å². The lowest BCUT2D eigenvalue weighted by Gasteiger charge is -2.33. The van der Waals surface area contributed by atoms with Crippen molar-refractivity contribution >= 4 is 56.1 Å². The van der Waals surface area contributed by atoms with Crippen molar-refractivity contribution in [3.63, 3.8) is 0 Å². The van der Waals surface area contributed by atoms with Gasteiger partial charge in [-0.1, -0.05) is 34.5 Å². The van der Waals surface area contributed by atoms with Gasteiger partial charge in [0, 0.05) is 52.4 Å². The number of fused-ring (bicyclic) bond motifs is 1. The zero-order valence-electron chi connectivity index (χ0n) is 20.9. The number of hydrogen-bond donors (Lipinski definition) is 2. The molecule has 37 heavy (non-hydrogen) atoms. The van der Waals surface area contributed by atoms with Crippen molar-refractivity contribution in [1.82, 2.24) is 10.3 Å². The molecule has 1 aliphatic rings. The Kier molecular flexibility index (Phi) is 8.70. The second-order valence-corrected chi connectivity index (χ2v) is 11.1. The van der Waals surface area contributed by atoms with Crippen LogP contribution in [0.3, 0.4) is 0 Å². The number of hydrogen-bond acceptors (Lipinski definition) is 4. The van der Waals surface area contributed by atoms with E-state index in [9.17, 15) is 19.1 Å². The van der Waals surface area contributed by atoms with Gasteiger partial charge in [-0.05, 0) is 74.1 Å². The highest BCUT2D eigenvalue weighted by molar-refractivity contribution is 9.10. The molecular weight excluding hydrogens is 561 g/mol. The van der Waals surface area contributed by atoms with Crippen LogP contribution in [0.5, 0.6) is 0 Å². The number of nitrogens with one attached hydrogen (secondary N) is 1. The van der Waals surface area contributed by atoms with E-state index in [4.69, 9.17) is 16.6 Å². The van der Waals surface area contributed by atoms with E-state index in [0.717, 1.165) is 46.3 Å². The van der Waals surface area contributed by atoms with E-state index in [1.54, 1.807) is 0 Å². The first-order valence-electron chi connectivity index (χ1n) is 12.4. The number of pyridine rings is 1. The van der Waals surface area contributed by atoms with Crippen LogP contribution in [0.25, 0.3) is 10.9 Å². The van der Waals surface area contributed by atoms with Crippen molar-refractivity contribution in [2.45, 2.75) is 45.4 Å². The molecule has 1 aliphatic heterocycles. The molecule has 2 aromatic carbocycles. The number of nitrogens with zero attached hydrogens (tertiary/aromatic N) is 2. The molecule has 2 heterocycles. The number of aromatic nitrogens is 1. The standard InChI is InChI=1S/C28H30BrClFN3O3/c1-16-4-3-11-34(15-16)27-17(2)26(22-12-19(29)6-9-24(22)33-27)28(37)32-14-18(5-10-25(35)36)21-13-20(31)7-8-23(21)30/h6-9,12-13,16,18H,3-5,10-11,14-15H2,1-2H3,(H,32,37)(H,35,36). The Bertz CT molecular complexity index is 1340. The highest BCUT2D eigenvalue weighted by atomic mass is 79.9. The average Bonchev–Trinajstić information content (AvgIpc) is 2.85. The summed E-state index contributed by atoms with van der Waals surface area (Å²) in [5, 5.41) is 13.3. The molecular formula is C28H30BrClFN3O3. The van der Waals surface area contributed by atoms with E-state index < -0.39 is 17.7 Å². The van der Waals surface area contributed by atoms with Crippen LogP contribution >= 0.6 is 27.5 Å². The van der Waals surface area contributed by atoms with Crippen molar-refractivity contribution in [2.24, 2.45) is 5.92 Å². The third-order valence-electron chi connectivity index (χ3n) is 6.96. The van der Waals surface area contributed by atoms with Gasteiger partial charge >= 0.3 is 5.97 Å². The highest BCUT2D eigenvalue weighted by Gasteiger charge is 2.25. The fourth-order valence-electron chi connectivity index (χ4n) is 5.10. The zero-order chi connectivity index (χ0) is 26.7. The van der Waals surface area contributed by atoms with Crippen LogP contribution in [0.1, 0.15) is 60.0 Å². The quantitative estimate of drug-likeness (QED) is 0.305. The van der Waals surface area contributed by atoms with Crippen LogP contribution in [0.2, 0.25) is 5.02 Å². The number of anilines is 1. The van der Waals surface area contributed by atoms with Gasteiger partial charge in [-0.3, -0.25) is 9.59 Å². The number of carboxylic acids is 1. The third-order valence-corrected chi connectivity index (χ3v) is 7.80. The van der Waals surface area contributed by atoms with E-state index in [1.165, 1.54) is 24.6 Å². The molecule has 0 radical (unpaired) electrons. The molecule has 4 rings (SSSR count). The minimum Gasteiger partial charge on any atom is -0.481 e. The van der Waals surface area contributed by atoms with Crippen molar-refractivity contribution < 1.29 is 19.1 Å². The van der Waals surface area contributed by atoms with Gasteiger partial charge in [0.05, 0.1) is 11.1 Å². The van der Waals surface area contributed by atoms with Gasteiger partial charge in [-0.25, -0.2) is 9.37 Å². The molecule has 0 bridgehead atoms. The molecule has 1 amide bonds. The first-order chi connectivity index (χ1) is 17.6. The summed E-state index contributed by atoms with van der Waals surface area (Å²) in [5.41, 5.74) is 2.53. The van der Waals surface area contributed by atoms with E-state index in [2.05, 4.69) is 33.1 Å². The van der Waals surface area contributed by atoms with Gasteiger partial charge in [0.2, 0.25) is 0 Å². The van der Waals surface area contributed by atoms with Crippen LogP contribution in [-0.4, -0.2) is 41.6 Å². The fourth-order valence-corrected chi connectivity index (χ4v) is 5.73. The Morgan fingerprint density at radius 1 is 1.30 bits per heavy atom.